The molecule has 6 nitrogen and oxygen atoms in total. The highest BCUT2D eigenvalue weighted by Gasteiger charge is 2.17. The predicted molar refractivity (Wildman–Crippen MR) is 148 cm³/mol. The number of methoxy groups -OCH3 is 1. The van der Waals surface area contributed by atoms with Crippen molar-refractivity contribution in [2.24, 2.45) is 0 Å². The molecule has 37 heavy (non-hydrogen) atoms. The standard InChI is InChI=1S/C29H30Cl2N2O4/c1-4-6-7-14-33-25-12-9-20(29(34)36-5-2)15-24(25)32-28(33)19-10-13-26(27(16-19)35-3)37-18-21-8-11-22(30)17-23(21)31/h8-13,15-17H,4-7,14,18H2,1-3H3. The van der Waals surface area contributed by atoms with E-state index in [1.807, 2.05) is 30.3 Å². The van der Waals surface area contributed by atoms with Crippen molar-refractivity contribution in [2.75, 3.05) is 13.7 Å². The number of hydrogen-bond donors (Lipinski definition) is 0. The van der Waals surface area contributed by atoms with Gasteiger partial charge in [-0.15, -0.1) is 0 Å². The monoisotopic (exact) mass is 540 g/mol. The number of aromatic nitrogens is 2. The Morgan fingerprint density at radius 2 is 1.81 bits per heavy atom. The van der Waals surface area contributed by atoms with Crippen LogP contribution < -0.4 is 9.47 Å². The molecule has 0 amide bonds. The van der Waals surface area contributed by atoms with Crippen molar-refractivity contribution in [3.63, 3.8) is 0 Å². The van der Waals surface area contributed by atoms with E-state index in [1.54, 1.807) is 38.3 Å². The number of halogens is 2. The van der Waals surface area contributed by atoms with Crippen molar-refractivity contribution in [3.05, 3.63) is 75.8 Å². The van der Waals surface area contributed by atoms with Gasteiger partial charge in [0.2, 0.25) is 0 Å². The van der Waals surface area contributed by atoms with E-state index in [0.29, 0.717) is 33.7 Å². The quantitative estimate of drug-likeness (QED) is 0.142. The average molecular weight is 541 g/mol. The van der Waals surface area contributed by atoms with Crippen LogP contribution in [-0.4, -0.2) is 29.2 Å². The van der Waals surface area contributed by atoms with Crippen molar-refractivity contribution in [3.8, 4) is 22.9 Å². The van der Waals surface area contributed by atoms with E-state index in [-0.39, 0.29) is 12.6 Å². The summed E-state index contributed by atoms with van der Waals surface area (Å²) in [6.07, 6.45) is 3.25. The lowest BCUT2D eigenvalue weighted by Gasteiger charge is -2.14. The van der Waals surface area contributed by atoms with E-state index in [0.717, 1.165) is 53.8 Å². The highest BCUT2D eigenvalue weighted by atomic mass is 35.5. The fourth-order valence-corrected chi connectivity index (χ4v) is 4.62. The Hall–Kier alpha value is -3.22. The van der Waals surface area contributed by atoms with Gasteiger partial charge in [-0.3, -0.25) is 0 Å². The molecule has 4 rings (SSSR count). The molecule has 194 valence electrons. The predicted octanol–water partition coefficient (Wildman–Crippen LogP) is 7.96. The zero-order chi connectivity index (χ0) is 26.4. The van der Waals surface area contributed by atoms with Gasteiger partial charge < -0.3 is 18.8 Å². The maximum atomic E-state index is 12.3. The molecule has 0 atom stereocenters. The zero-order valence-corrected chi connectivity index (χ0v) is 22.7. The number of rotatable bonds is 11. The normalized spacial score (nSPS) is 11.1. The summed E-state index contributed by atoms with van der Waals surface area (Å²) in [7, 11) is 1.61. The second-order valence-electron chi connectivity index (χ2n) is 8.61. The Kier molecular flexibility index (Phi) is 8.95. The molecule has 0 N–H and O–H groups in total. The molecule has 0 unspecified atom stereocenters. The van der Waals surface area contributed by atoms with Gasteiger partial charge in [0, 0.05) is 27.7 Å². The third-order valence-corrected chi connectivity index (χ3v) is 6.65. The first-order valence-corrected chi connectivity index (χ1v) is 13.1. The van der Waals surface area contributed by atoms with Gasteiger partial charge in [0.1, 0.15) is 12.4 Å². The molecule has 1 aromatic heterocycles. The zero-order valence-electron chi connectivity index (χ0n) is 21.2. The van der Waals surface area contributed by atoms with Crippen molar-refractivity contribution in [1.29, 1.82) is 0 Å². The minimum absolute atomic E-state index is 0.276. The second-order valence-corrected chi connectivity index (χ2v) is 9.45. The Morgan fingerprint density at radius 3 is 2.54 bits per heavy atom. The molecule has 0 aliphatic rings. The molecule has 3 aromatic carbocycles. The minimum atomic E-state index is -0.351. The Bertz CT molecular complexity index is 1400. The summed E-state index contributed by atoms with van der Waals surface area (Å²) in [5.74, 6) is 1.63. The molecule has 1 heterocycles. The fourth-order valence-electron chi connectivity index (χ4n) is 4.16. The fraction of sp³-hybridized carbons (Fsp3) is 0.310. The molecule has 0 aliphatic heterocycles. The summed E-state index contributed by atoms with van der Waals surface area (Å²) >= 11 is 12.3. The van der Waals surface area contributed by atoms with Gasteiger partial charge in [0.25, 0.3) is 0 Å². The highest BCUT2D eigenvalue weighted by Crippen LogP contribution is 2.35. The number of carbonyl (C=O) groups excluding carboxylic acids is 1. The summed E-state index contributed by atoms with van der Waals surface area (Å²) in [4.78, 5) is 17.2. The molecule has 0 saturated heterocycles. The number of fused-ring (bicyclic) bond motifs is 1. The number of carbonyl (C=O) groups is 1. The first kappa shape index (κ1) is 26.8. The van der Waals surface area contributed by atoms with Crippen LogP contribution in [0.4, 0.5) is 0 Å². The van der Waals surface area contributed by atoms with Crippen LogP contribution in [0.3, 0.4) is 0 Å². The van der Waals surface area contributed by atoms with Gasteiger partial charge in [-0.2, -0.15) is 0 Å². The summed E-state index contributed by atoms with van der Waals surface area (Å²) < 4.78 is 19.1. The molecular formula is C29H30Cl2N2O4. The van der Waals surface area contributed by atoms with Crippen LogP contribution in [0, 0.1) is 0 Å². The van der Waals surface area contributed by atoms with Crippen molar-refractivity contribution in [1.82, 2.24) is 9.55 Å². The summed E-state index contributed by atoms with van der Waals surface area (Å²) in [6.45, 7) is 5.39. The maximum absolute atomic E-state index is 12.3. The van der Waals surface area contributed by atoms with E-state index >= 15 is 0 Å². The molecular weight excluding hydrogens is 511 g/mol. The average Bonchev–Trinajstić information content (AvgIpc) is 3.26. The number of esters is 1. The van der Waals surface area contributed by atoms with Crippen LogP contribution >= 0.6 is 23.2 Å². The number of aryl methyl sites for hydroxylation is 1. The number of ether oxygens (including phenoxy) is 3. The lowest BCUT2D eigenvalue weighted by atomic mass is 10.1. The van der Waals surface area contributed by atoms with Gasteiger partial charge in [-0.25, -0.2) is 9.78 Å². The van der Waals surface area contributed by atoms with Gasteiger partial charge in [-0.05, 0) is 61.9 Å². The Morgan fingerprint density at radius 1 is 0.973 bits per heavy atom. The number of benzene rings is 3. The van der Waals surface area contributed by atoms with Crippen LogP contribution in [0.5, 0.6) is 11.5 Å². The van der Waals surface area contributed by atoms with Crippen molar-refractivity contribution in [2.45, 2.75) is 46.3 Å². The molecule has 8 heteroatoms. The first-order valence-electron chi connectivity index (χ1n) is 12.4. The van der Waals surface area contributed by atoms with E-state index in [4.69, 9.17) is 42.4 Å². The molecule has 0 fully saturated rings. The third-order valence-electron chi connectivity index (χ3n) is 6.06. The first-order chi connectivity index (χ1) is 17.9. The Labute approximate surface area is 227 Å². The van der Waals surface area contributed by atoms with Crippen LogP contribution in [0.15, 0.2) is 54.6 Å². The molecule has 0 aliphatic carbocycles. The summed E-state index contributed by atoms with van der Waals surface area (Å²) in [5.41, 5.74) is 3.91. The number of imidazole rings is 1. The molecule has 0 spiro atoms. The van der Waals surface area contributed by atoms with Crippen LogP contribution in [0.25, 0.3) is 22.4 Å². The molecule has 0 saturated carbocycles. The van der Waals surface area contributed by atoms with E-state index in [1.165, 1.54) is 0 Å². The van der Waals surface area contributed by atoms with Gasteiger partial charge in [0.15, 0.2) is 11.5 Å². The number of hydrogen-bond acceptors (Lipinski definition) is 5. The third kappa shape index (κ3) is 6.20. The number of nitrogens with zero attached hydrogens (tertiary/aromatic N) is 2. The van der Waals surface area contributed by atoms with Crippen LogP contribution in [-0.2, 0) is 17.9 Å². The SMILES string of the molecule is CCCCCn1c(-c2ccc(OCc3ccc(Cl)cc3Cl)c(OC)c2)nc2cc(C(=O)OCC)ccc21. The van der Waals surface area contributed by atoms with E-state index in [2.05, 4.69) is 11.5 Å². The lowest BCUT2D eigenvalue weighted by Crippen LogP contribution is -2.04. The van der Waals surface area contributed by atoms with Gasteiger partial charge in [-0.1, -0.05) is 49.0 Å². The van der Waals surface area contributed by atoms with Crippen LogP contribution in [0.1, 0.15) is 49.0 Å². The molecule has 4 aromatic rings. The minimum Gasteiger partial charge on any atom is -0.493 e. The van der Waals surface area contributed by atoms with Gasteiger partial charge >= 0.3 is 5.97 Å². The summed E-state index contributed by atoms with van der Waals surface area (Å²) in [6, 6.07) is 16.6. The summed E-state index contributed by atoms with van der Waals surface area (Å²) in [5, 5.41) is 1.12. The topological polar surface area (TPSA) is 62.6 Å². The van der Waals surface area contributed by atoms with Crippen molar-refractivity contribution < 1.29 is 19.0 Å². The number of unbranched alkanes of at least 4 members (excludes halogenated alkanes) is 2. The Balaban J connectivity index is 1.68. The van der Waals surface area contributed by atoms with E-state index in [9.17, 15) is 4.79 Å². The van der Waals surface area contributed by atoms with Gasteiger partial charge in [0.05, 0.1) is 30.3 Å². The molecule has 0 radical (unpaired) electrons. The maximum Gasteiger partial charge on any atom is 0.338 e. The largest absolute Gasteiger partial charge is 0.493 e. The lowest BCUT2D eigenvalue weighted by molar-refractivity contribution is 0.0526. The van der Waals surface area contributed by atoms with E-state index < -0.39 is 0 Å². The van der Waals surface area contributed by atoms with Crippen LogP contribution in [0.2, 0.25) is 10.0 Å². The second kappa shape index (κ2) is 12.3. The highest BCUT2D eigenvalue weighted by molar-refractivity contribution is 6.35. The smallest absolute Gasteiger partial charge is 0.338 e. The van der Waals surface area contributed by atoms with Crippen molar-refractivity contribution >= 4 is 40.2 Å². The molecule has 0 bridgehead atoms.